The molecular formula is C15H30N2. The van der Waals surface area contributed by atoms with Crippen LogP contribution in [0.25, 0.3) is 0 Å². The summed E-state index contributed by atoms with van der Waals surface area (Å²) >= 11 is 0. The first-order valence-electron chi connectivity index (χ1n) is 7.74. The Hall–Kier alpha value is -0.0800. The normalized spacial score (nSPS) is 36.7. The van der Waals surface area contributed by atoms with Gasteiger partial charge in [0, 0.05) is 18.6 Å². The van der Waals surface area contributed by atoms with Crippen LogP contribution >= 0.6 is 0 Å². The van der Waals surface area contributed by atoms with Crippen molar-refractivity contribution in [1.29, 1.82) is 0 Å². The highest BCUT2D eigenvalue weighted by Gasteiger charge is 2.27. The fourth-order valence-corrected chi connectivity index (χ4v) is 3.71. The topological polar surface area (TPSA) is 15.3 Å². The molecule has 2 rings (SSSR count). The Bertz CT molecular complexity index is 217. The van der Waals surface area contributed by atoms with Crippen LogP contribution in [0.2, 0.25) is 0 Å². The van der Waals surface area contributed by atoms with Crippen LogP contribution in [0.15, 0.2) is 0 Å². The maximum Gasteiger partial charge on any atom is 0.0192 e. The number of nitrogens with one attached hydrogen (secondary N) is 1. The molecule has 1 saturated carbocycles. The van der Waals surface area contributed by atoms with Crippen molar-refractivity contribution >= 4 is 0 Å². The van der Waals surface area contributed by atoms with E-state index in [2.05, 4.69) is 24.2 Å². The highest BCUT2D eigenvalue weighted by atomic mass is 15.2. The molecule has 1 N–H and O–H groups in total. The van der Waals surface area contributed by atoms with Gasteiger partial charge in [0.1, 0.15) is 0 Å². The van der Waals surface area contributed by atoms with Gasteiger partial charge in [0.15, 0.2) is 0 Å². The highest BCUT2D eigenvalue weighted by Crippen LogP contribution is 2.29. The van der Waals surface area contributed by atoms with Crippen LogP contribution in [0.3, 0.4) is 0 Å². The second-order valence-electron chi connectivity index (χ2n) is 6.06. The van der Waals surface area contributed by atoms with E-state index in [9.17, 15) is 0 Å². The third kappa shape index (κ3) is 3.69. The van der Waals surface area contributed by atoms with Crippen LogP contribution in [-0.4, -0.2) is 37.1 Å². The van der Waals surface area contributed by atoms with Crippen molar-refractivity contribution in [1.82, 2.24) is 10.2 Å². The SMILES string of the molecule is CCC1CCCC(N2CCCC(NC)C2)CC1. The van der Waals surface area contributed by atoms with E-state index >= 15 is 0 Å². The smallest absolute Gasteiger partial charge is 0.0192 e. The molecule has 2 nitrogen and oxygen atoms in total. The van der Waals surface area contributed by atoms with E-state index in [-0.39, 0.29) is 0 Å². The summed E-state index contributed by atoms with van der Waals surface area (Å²) in [4.78, 5) is 2.78. The first kappa shape index (κ1) is 13.4. The molecule has 100 valence electrons. The first-order chi connectivity index (χ1) is 8.33. The van der Waals surface area contributed by atoms with Gasteiger partial charge in [0.25, 0.3) is 0 Å². The number of hydrogen-bond donors (Lipinski definition) is 1. The van der Waals surface area contributed by atoms with Crippen LogP contribution in [0.4, 0.5) is 0 Å². The standard InChI is InChI=1S/C15H30N2/c1-3-13-6-4-8-15(10-9-13)17-11-5-7-14(12-17)16-2/h13-16H,3-12H2,1-2H3. The number of piperidine rings is 1. The molecular weight excluding hydrogens is 208 g/mol. The molecule has 0 radical (unpaired) electrons. The van der Waals surface area contributed by atoms with Gasteiger partial charge in [-0.3, -0.25) is 4.90 Å². The molecule has 2 aliphatic rings. The number of likely N-dealkylation sites (N-methyl/N-ethyl adjacent to an activating group) is 1. The second kappa shape index (κ2) is 6.75. The summed E-state index contributed by atoms with van der Waals surface area (Å²) in [6, 6.07) is 1.64. The molecule has 0 spiro atoms. The monoisotopic (exact) mass is 238 g/mol. The van der Waals surface area contributed by atoms with Crippen LogP contribution in [-0.2, 0) is 0 Å². The molecule has 0 aromatic heterocycles. The lowest BCUT2D eigenvalue weighted by Crippen LogP contribution is -2.48. The highest BCUT2D eigenvalue weighted by molar-refractivity contribution is 4.84. The molecule has 0 aromatic carbocycles. The van der Waals surface area contributed by atoms with Gasteiger partial charge in [-0.15, -0.1) is 0 Å². The Morgan fingerprint density at radius 2 is 1.94 bits per heavy atom. The van der Waals surface area contributed by atoms with Gasteiger partial charge >= 0.3 is 0 Å². The zero-order valence-electron chi connectivity index (χ0n) is 11.8. The van der Waals surface area contributed by atoms with E-state index in [1.165, 1.54) is 64.5 Å². The molecule has 3 unspecified atom stereocenters. The van der Waals surface area contributed by atoms with Crippen molar-refractivity contribution < 1.29 is 0 Å². The number of likely N-dealkylation sites (tertiary alicyclic amines) is 1. The molecule has 1 aliphatic heterocycles. The second-order valence-corrected chi connectivity index (χ2v) is 6.06. The summed E-state index contributed by atoms with van der Waals surface area (Å²) in [5.41, 5.74) is 0. The lowest BCUT2D eigenvalue weighted by Gasteiger charge is -2.38. The molecule has 17 heavy (non-hydrogen) atoms. The molecule has 3 atom stereocenters. The Morgan fingerprint density at radius 3 is 2.71 bits per heavy atom. The number of rotatable bonds is 3. The first-order valence-corrected chi connectivity index (χ1v) is 7.74. The van der Waals surface area contributed by atoms with E-state index in [4.69, 9.17) is 0 Å². The van der Waals surface area contributed by atoms with Crippen molar-refractivity contribution in [3.8, 4) is 0 Å². The summed E-state index contributed by atoms with van der Waals surface area (Å²) in [6.07, 6.45) is 11.5. The van der Waals surface area contributed by atoms with Crippen LogP contribution in [0, 0.1) is 5.92 Å². The molecule has 2 fully saturated rings. The van der Waals surface area contributed by atoms with Gasteiger partial charge in [0.2, 0.25) is 0 Å². The zero-order valence-corrected chi connectivity index (χ0v) is 11.8. The Balaban J connectivity index is 1.84. The van der Waals surface area contributed by atoms with Gasteiger partial charge in [-0.05, 0) is 51.6 Å². The van der Waals surface area contributed by atoms with E-state index in [1.807, 2.05) is 0 Å². The Labute approximate surface area is 107 Å². The average molecular weight is 238 g/mol. The quantitative estimate of drug-likeness (QED) is 0.760. The minimum atomic E-state index is 0.744. The van der Waals surface area contributed by atoms with Crippen molar-refractivity contribution in [2.75, 3.05) is 20.1 Å². The van der Waals surface area contributed by atoms with Crippen molar-refractivity contribution in [2.45, 2.75) is 70.4 Å². The molecule has 1 aliphatic carbocycles. The van der Waals surface area contributed by atoms with Gasteiger partial charge in [-0.1, -0.05) is 26.2 Å². The third-order valence-electron chi connectivity index (χ3n) is 5.01. The Kier molecular flexibility index (Phi) is 5.30. The minimum absolute atomic E-state index is 0.744. The van der Waals surface area contributed by atoms with Gasteiger partial charge in [-0.25, -0.2) is 0 Å². The summed E-state index contributed by atoms with van der Waals surface area (Å²) in [5, 5.41) is 3.47. The van der Waals surface area contributed by atoms with Crippen molar-refractivity contribution in [2.24, 2.45) is 5.92 Å². The lowest BCUT2D eigenvalue weighted by atomic mass is 9.97. The van der Waals surface area contributed by atoms with Crippen LogP contribution in [0.1, 0.15) is 58.3 Å². The minimum Gasteiger partial charge on any atom is -0.316 e. The molecule has 1 saturated heterocycles. The lowest BCUT2D eigenvalue weighted by molar-refractivity contribution is 0.127. The summed E-state index contributed by atoms with van der Waals surface area (Å²) in [7, 11) is 2.12. The average Bonchev–Trinajstić information content (AvgIpc) is 2.64. The maximum atomic E-state index is 3.47. The molecule has 0 bridgehead atoms. The summed E-state index contributed by atoms with van der Waals surface area (Å²) in [6.45, 7) is 5.00. The van der Waals surface area contributed by atoms with Crippen LogP contribution < -0.4 is 5.32 Å². The largest absolute Gasteiger partial charge is 0.316 e. The van der Waals surface area contributed by atoms with Crippen LogP contribution in [0.5, 0.6) is 0 Å². The van der Waals surface area contributed by atoms with E-state index in [0.717, 1.165) is 18.0 Å². The number of nitrogens with zero attached hydrogens (tertiary/aromatic N) is 1. The molecule has 2 heteroatoms. The van der Waals surface area contributed by atoms with Crippen molar-refractivity contribution in [3.63, 3.8) is 0 Å². The summed E-state index contributed by atoms with van der Waals surface area (Å²) < 4.78 is 0. The molecule has 0 amide bonds. The maximum absolute atomic E-state index is 3.47. The summed E-state index contributed by atoms with van der Waals surface area (Å²) in [5.74, 6) is 1.02. The van der Waals surface area contributed by atoms with Gasteiger partial charge < -0.3 is 5.32 Å². The van der Waals surface area contributed by atoms with Crippen molar-refractivity contribution in [3.05, 3.63) is 0 Å². The fraction of sp³-hybridized carbons (Fsp3) is 1.00. The third-order valence-corrected chi connectivity index (χ3v) is 5.01. The predicted octanol–water partition coefficient (Wildman–Crippen LogP) is 3.03. The predicted molar refractivity (Wildman–Crippen MR) is 74.3 cm³/mol. The zero-order chi connectivity index (χ0) is 12.1. The Morgan fingerprint density at radius 1 is 1.06 bits per heavy atom. The molecule has 0 aromatic rings. The van der Waals surface area contributed by atoms with E-state index in [0.29, 0.717) is 0 Å². The van der Waals surface area contributed by atoms with Gasteiger partial charge in [0.05, 0.1) is 0 Å². The van der Waals surface area contributed by atoms with E-state index < -0.39 is 0 Å². The van der Waals surface area contributed by atoms with E-state index in [1.54, 1.807) is 0 Å². The molecule has 1 heterocycles. The fourth-order valence-electron chi connectivity index (χ4n) is 3.71. The number of hydrogen-bond acceptors (Lipinski definition) is 2. The van der Waals surface area contributed by atoms with Gasteiger partial charge in [-0.2, -0.15) is 0 Å².